The maximum Gasteiger partial charge on any atom is 0.417 e. The van der Waals surface area contributed by atoms with Gasteiger partial charge in [-0.25, -0.2) is 0 Å². The lowest BCUT2D eigenvalue weighted by Crippen LogP contribution is -2.45. The lowest BCUT2D eigenvalue weighted by molar-refractivity contribution is -0.144. The van der Waals surface area contributed by atoms with E-state index in [0.717, 1.165) is 12.1 Å². The van der Waals surface area contributed by atoms with Crippen molar-refractivity contribution in [2.24, 2.45) is 11.8 Å². The predicted octanol–water partition coefficient (Wildman–Crippen LogP) is 3.34. The second-order valence-corrected chi connectivity index (χ2v) is 6.72. The molecule has 1 aromatic carbocycles. The molecule has 1 aliphatic rings. The number of anilines is 1. The monoisotopic (exact) mass is 378 g/mol. The molecule has 1 aliphatic heterocycles. The molecule has 1 saturated heterocycles. The summed E-state index contributed by atoms with van der Waals surface area (Å²) in [7, 11) is 0. The third-order valence-corrected chi connectivity index (χ3v) is 4.34. The van der Waals surface area contributed by atoms with Crippen molar-refractivity contribution < 1.29 is 27.9 Å². The highest BCUT2D eigenvalue weighted by molar-refractivity contribution is 6.31. The van der Waals surface area contributed by atoms with Crippen LogP contribution in [0.4, 0.5) is 18.9 Å². The molecule has 138 valence electrons. The van der Waals surface area contributed by atoms with Gasteiger partial charge in [0.2, 0.25) is 5.91 Å². The number of hydrogen-bond donors (Lipinski definition) is 2. The Morgan fingerprint density at radius 3 is 2.64 bits per heavy atom. The average Bonchev–Trinajstić information content (AvgIpc) is 2.47. The van der Waals surface area contributed by atoms with Crippen LogP contribution in [-0.2, 0) is 15.8 Å². The van der Waals surface area contributed by atoms with Gasteiger partial charge >= 0.3 is 12.1 Å². The molecule has 1 fully saturated rings. The minimum Gasteiger partial charge on any atom is -0.481 e. The zero-order chi connectivity index (χ0) is 18.8. The Morgan fingerprint density at radius 1 is 1.36 bits per heavy atom. The maximum absolute atomic E-state index is 12.8. The number of nitrogens with one attached hydrogen (secondary N) is 1. The zero-order valence-electron chi connectivity index (χ0n) is 13.4. The van der Waals surface area contributed by atoms with Crippen LogP contribution in [0.5, 0.6) is 0 Å². The third-order valence-electron chi connectivity index (χ3n) is 4.01. The largest absolute Gasteiger partial charge is 0.481 e. The van der Waals surface area contributed by atoms with E-state index >= 15 is 0 Å². The third kappa shape index (κ3) is 5.34. The van der Waals surface area contributed by atoms with Crippen LogP contribution >= 0.6 is 11.6 Å². The van der Waals surface area contributed by atoms with Crippen molar-refractivity contribution in [3.8, 4) is 0 Å². The first kappa shape index (κ1) is 19.5. The molecule has 2 atom stereocenters. The second kappa shape index (κ2) is 7.61. The molecule has 2 rings (SSSR count). The highest BCUT2D eigenvalue weighted by Crippen LogP contribution is 2.36. The number of carboxylic acids is 1. The highest BCUT2D eigenvalue weighted by Gasteiger charge is 2.34. The van der Waals surface area contributed by atoms with Crippen molar-refractivity contribution in [2.45, 2.75) is 19.5 Å². The number of carbonyl (C=O) groups excluding carboxylic acids is 1. The number of likely N-dealkylation sites (tertiary alicyclic amines) is 1. The molecule has 1 heterocycles. The van der Waals surface area contributed by atoms with Gasteiger partial charge in [-0.05, 0) is 30.5 Å². The molecular weight excluding hydrogens is 361 g/mol. The number of carbonyl (C=O) groups is 2. The van der Waals surface area contributed by atoms with E-state index in [1.165, 1.54) is 6.07 Å². The van der Waals surface area contributed by atoms with Gasteiger partial charge in [0.25, 0.3) is 0 Å². The van der Waals surface area contributed by atoms with Crippen molar-refractivity contribution in [2.75, 3.05) is 25.0 Å². The summed E-state index contributed by atoms with van der Waals surface area (Å²) in [4.78, 5) is 24.9. The highest BCUT2D eigenvalue weighted by atomic mass is 35.5. The molecule has 1 aromatic rings. The first-order valence-corrected chi connectivity index (χ1v) is 8.06. The van der Waals surface area contributed by atoms with Gasteiger partial charge < -0.3 is 10.4 Å². The number of nitrogens with zero attached hydrogens (tertiary/aromatic N) is 1. The molecule has 0 saturated carbocycles. The molecule has 9 heteroatoms. The first-order valence-electron chi connectivity index (χ1n) is 7.68. The minimum atomic E-state index is -4.62. The summed E-state index contributed by atoms with van der Waals surface area (Å²) in [6.45, 7) is 2.61. The average molecular weight is 379 g/mol. The summed E-state index contributed by atoms with van der Waals surface area (Å²) in [5.41, 5.74) is -1.04. The molecule has 0 bridgehead atoms. The summed E-state index contributed by atoms with van der Waals surface area (Å²) in [5, 5.41) is 11.1. The standard InChI is InChI=1S/C16H18ClF3N2O3/c1-9-4-10(15(24)25)7-22(6-9)8-14(23)21-11-2-3-13(17)12(5-11)16(18,19)20/h2-3,5,9-10H,4,6-8H2,1H3,(H,21,23)(H,24,25). The van der Waals surface area contributed by atoms with E-state index < -0.39 is 34.6 Å². The van der Waals surface area contributed by atoms with E-state index in [4.69, 9.17) is 16.7 Å². The maximum atomic E-state index is 12.8. The molecule has 1 amide bonds. The van der Waals surface area contributed by atoms with Crippen LogP contribution in [0.3, 0.4) is 0 Å². The summed E-state index contributed by atoms with van der Waals surface area (Å²) < 4.78 is 38.5. The van der Waals surface area contributed by atoms with Gasteiger partial charge in [-0.1, -0.05) is 18.5 Å². The van der Waals surface area contributed by atoms with Gasteiger partial charge in [0.15, 0.2) is 0 Å². The Kier molecular flexibility index (Phi) is 5.95. The Balaban J connectivity index is 2.02. The molecule has 0 radical (unpaired) electrons. The van der Waals surface area contributed by atoms with Crippen LogP contribution in [-0.4, -0.2) is 41.5 Å². The van der Waals surface area contributed by atoms with Gasteiger partial charge in [0.1, 0.15) is 0 Å². The molecule has 25 heavy (non-hydrogen) atoms. The number of rotatable bonds is 4. The molecule has 0 aliphatic carbocycles. The first-order chi connectivity index (χ1) is 11.6. The second-order valence-electron chi connectivity index (χ2n) is 6.31. The normalized spacial score (nSPS) is 21.8. The number of amides is 1. The van der Waals surface area contributed by atoms with Crippen molar-refractivity contribution >= 4 is 29.2 Å². The summed E-state index contributed by atoms with van der Waals surface area (Å²) in [5.74, 6) is -1.85. The van der Waals surface area contributed by atoms with Gasteiger partial charge in [0, 0.05) is 18.8 Å². The molecule has 0 spiro atoms. The SMILES string of the molecule is CC1CC(C(=O)O)CN(CC(=O)Nc2ccc(Cl)c(C(F)(F)F)c2)C1. The number of benzene rings is 1. The van der Waals surface area contributed by atoms with Crippen LogP contribution < -0.4 is 5.32 Å². The van der Waals surface area contributed by atoms with Crippen molar-refractivity contribution in [3.05, 3.63) is 28.8 Å². The fourth-order valence-electron chi connectivity index (χ4n) is 2.99. The minimum absolute atomic E-state index is 0.0124. The Labute approximate surface area is 147 Å². The fourth-order valence-corrected chi connectivity index (χ4v) is 3.22. The van der Waals surface area contributed by atoms with Crippen LogP contribution in [0.2, 0.25) is 5.02 Å². The van der Waals surface area contributed by atoms with Crippen LogP contribution in [0, 0.1) is 11.8 Å². The number of alkyl halides is 3. The Hall–Kier alpha value is -1.80. The smallest absolute Gasteiger partial charge is 0.417 e. The Morgan fingerprint density at radius 2 is 2.04 bits per heavy atom. The fraction of sp³-hybridized carbons (Fsp3) is 0.500. The van der Waals surface area contributed by atoms with E-state index in [1.54, 1.807) is 4.90 Å². The van der Waals surface area contributed by atoms with Gasteiger partial charge in [-0.3, -0.25) is 14.5 Å². The number of carboxylic acid groups (broad SMARTS) is 1. The predicted molar refractivity (Wildman–Crippen MR) is 86.4 cm³/mol. The van der Waals surface area contributed by atoms with Crippen LogP contribution in [0.15, 0.2) is 18.2 Å². The van der Waals surface area contributed by atoms with Crippen molar-refractivity contribution in [1.82, 2.24) is 4.90 Å². The topological polar surface area (TPSA) is 69.6 Å². The van der Waals surface area contributed by atoms with E-state index in [2.05, 4.69) is 5.32 Å². The Bertz CT molecular complexity index is 667. The van der Waals surface area contributed by atoms with Gasteiger partial charge in [-0.2, -0.15) is 13.2 Å². The van der Waals surface area contributed by atoms with E-state index in [9.17, 15) is 22.8 Å². The lowest BCUT2D eigenvalue weighted by atomic mass is 9.90. The summed E-state index contributed by atoms with van der Waals surface area (Å²) >= 11 is 5.54. The molecule has 2 unspecified atom stereocenters. The number of aliphatic carboxylic acids is 1. The van der Waals surface area contributed by atoms with Crippen LogP contribution in [0.1, 0.15) is 18.9 Å². The molecule has 2 N–H and O–H groups in total. The number of piperidine rings is 1. The van der Waals surface area contributed by atoms with E-state index in [1.807, 2.05) is 6.92 Å². The quantitative estimate of drug-likeness (QED) is 0.843. The molecular formula is C16H18ClF3N2O3. The number of halogens is 4. The van der Waals surface area contributed by atoms with E-state index in [-0.39, 0.29) is 24.7 Å². The zero-order valence-corrected chi connectivity index (χ0v) is 14.2. The number of hydrogen-bond acceptors (Lipinski definition) is 3. The molecule has 5 nitrogen and oxygen atoms in total. The molecule has 0 aromatic heterocycles. The van der Waals surface area contributed by atoms with Crippen LogP contribution in [0.25, 0.3) is 0 Å². The summed E-state index contributed by atoms with van der Waals surface area (Å²) in [6, 6.07) is 3.14. The van der Waals surface area contributed by atoms with Crippen molar-refractivity contribution in [1.29, 1.82) is 0 Å². The van der Waals surface area contributed by atoms with Crippen molar-refractivity contribution in [3.63, 3.8) is 0 Å². The van der Waals surface area contributed by atoms with Gasteiger partial charge in [-0.15, -0.1) is 0 Å². The van der Waals surface area contributed by atoms with E-state index in [0.29, 0.717) is 13.0 Å². The van der Waals surface area contributed by atoms with Gasteiger partial charge in [0.05, 0.1) is 23.0 Å². The lowest BCUT2D eigenvalue weighted by Gasteiger charge is -2.34. The summed E-state index contributed by atoms with van der Waals surface area (Å²) in [6.07, 6.45) is -4.07.